The average Bonchev–Trinajstić information content (AvgIpc) is 2.91. The zero-order valence-electron chi connectivity index (χ0n) is 18.7. The molecule has 0 radical (unpaired) electrons. The Morgan fingerprint density at radius 3 is 2.38 bits per heavy atom. The number of para-hydroxylation sites is 2. The Morgan fingerprint density at radius 1 is 0.966 bits per heavy atom. The van der Waals surface area contributed by atoms with Crippen molar-refractivity contribution in [2.45, 2.75) is 44.9 Å². The SMILES string of the molecule is C[NH2+]c1ccccc1C(C)(C)C/C=C/C=C/C=C1/N(C)c2ccccc2C1(C)C. The van der Waals surface area contributed by atoms with Crippen molar-refractivity contribution in [2.75, 3.05) is 19.0 Å². The third kappa shape index (κ3) is 4.23. The van der Waals surface area contributed by atoms with E-state index in [1.807, 2.05) is 0 Å². The van der Waals surface area contributed by atoms with Gasteiger partial charge in [0.05, 0.1) is 7.05 Å². The van der Waals surface area contributed by atoms with E-state index in [1.165, 1.54) is 28.2 Å². The summed E-state index contributed by atoms with van der Waals surface area (Å²) in [6.45, 7) is 9.24. The van der Waals surface area contributed by atoms with Crippen molar-refractivity contribution in [3.63, 3.8) is 0 Å². The molecule has 0 atom stereocenters. The summed E-state index contributed by atoms with van der Waals surface area (Å²) in [6, 6.07) is 17.4. The molecule has 0 aromatic heterocycles. The summed E-state index contributed by atoms with van der Waals surface area (Å²) in [5.74, 6) is 0. The Bertz CT molecular complexity index is 945. The summed E-state index contributed by atoms with van der Waals surface area (Å²) >= 11 is 0. The van der Waals surface area contributed by atoms with Crippen LogP contribution in [0.2, 0.25) is 0 Å². The number of hydrogen-bond acceptors (Lipinski definition) is 1. The van der Waals surface area contributed by atoms with Crippen LogP contribution in [0.5, 0.6) is 0 Å². The van der Waals surface area contributed by atoms with Gasteiger partial charge in [0, 0.05) is 29.4 Å². The molecule has 1 aliphatic rings. The lowest BCUT2D eigenvalue weighted by atomic mass is 9.80. The van der Waals surface area contributed by atoms with Crippen LogP contribution in [0.4, 0.5) is 11.4 Å². The summed E-state index contributed by atoms with van der Waals surface area (Å²) in [4.78, 5) is 2.31. The molecule has 29 heavy (non-hydrogen) atoms. The molecule has 152 valence electrons. The topological polar surface area (TPSA) is 19.9 Å². The first kappa shape index (κ1) is 21.1. The van der Waals surface area contributed by atoms with Gasteiger partial charge >= 0.3 is 0 Å². The number of rotatable bonds is 6. The minimum atomic E-state index is 0.0295. The van der Waals surface area contributed by atoms with E-state index in [1.54, 1.807) is 0 Å². The van der Waals surface area contributed by atoms with Gasteiger partial charge in [-0.3, -0.25) is 0 Å². The molecule has 0 bridgehead atoms. The van der Waals surface area contributed by atoms with Crippen molar-refractivity contribution in [3.8, 4) is 0 Å². The van der Waals surface area contributed by atoms with Crippen molar-refractivity contribution in [1.82, 2.24) is 0 Å². The van der Waals surface area contributed by atoms with Gasteiger partial charge < -0.3 is 10.2 Å². The predicted molar refractivity (Wildman–Crippen MR) is 126 cm³/mol. The summed E-state index contributed by atoms with van der Waals surface area (Å²) in [5, 5.41) is 2.20. The van der Waals surface area contributed by atoms with Gasteiger partial charge in [-0.25, -0.2) is 0 Å². The summed E-state index contributed by atoms with van der Waals surface area (Å²) in [5.41, 5.74) is 6.91. The van der Waals surface area contributed by atoms with Crippen molar-refractivity contribution >= 4 is 11.4 Å². The quantitative estimate of drug-likeness (QED) is 0.505. The molecule has 0 amide bonds. The smallest absolute Gasteiger partial charge is 0.133 e. The van der Waals surface area contributed by atoms with Gasteiger partial charge in [0.1, 0.15) is 5.69 Å². The molecule has 3 rings (SSSR count). The zero-order chi connectivity index (χ0) is 21.1. The lowest BCUT2D eigenvalue weighted by Crippen LogP contribution is -2.73. The minimum Gasteiger partial charge on any atom is -0.347 e. The van der Waals surface area contributed by atoms with Gasteiger partial charge in [-0.2, -0.15) is 0 Å². The van der Waals surface area contributed by atoms with Crippen LogP contribution in [0.1, 0.15) is 45.2 Å². The highest BCUT2D eigenvalue weighted by molar-refractivity contribution is 5.70. The fraction of sp³-hybridized carbons (Fsp3) is 0.333. The number of quaternary nitrogens is 1. The Morgan fingerprint density at radius 2 is 1.66 bits per heavy atom. The summed E-state index contributed by atoms with van der Waals surface area (Å²) in [6.07, 6.45) is 12.0. The van der Waals surface area contributed by atoms with Gasteiger partial charge in [0.15, 0.2) is 0 Å². The molecule has 2 aromatic rings. The second-order valence-corrected chi connectivity index (χ2v) is 9.03. The Hall–Kier alpha value is -2.58. The number of likely N-dealkylation sites (N-methyl/N-ethyl adjacent to an activating group) is 1. The first-order chi connectivity index (χ1) is 13.8. The standard InChI is InChI=1S/C27H34N2/c1-26(2,21-15-10-12-17-23(21)28-5)20-14-8-7-9-19-25-27(3,4)22-16-11-13-18-24(22)29(25)6/h7-19,28H,20H2,1-6H3/p+1/b9-7+,14-8+,25-19+. The second-order valence-electron chi connectivity index (χ2n) is 9.03. The normalized spacial score (nSPS) is 17.6. The molecule has 0 saturated heterocycles. The fourth-order valence-corrected chi connectivity index (χ4v) is 4.43. The maximum atomic E-state index is 2.32. The van der Waals surface area contributed by atoms with E-state index in [0.29, 0.717) is 0 Å². The van der Waals surface area contributed by atoms with Crippen LogP contribution in [-0.4, -0.2) is 14.1 Å². The highest BCUT2D eigenvalue weighted by atomic mass is 15.2. The molecule has 1 heterocycles. The van der Waals surface area contributed by atoms with Gasteiger partial charge in [0.25, 0.3) is 0 Å². The van der Waals surface area contributed by atoms with E-state index in [4.69, 9.17) is 0 Å². The Labute approximate surface area is 176 Å². The zero-order valence-corrected chi connectivity index (χ0v) is 18.7. The van der Waals surface area contributed by atoms with Crippen molar-refractivity contribution in [2.24, 2.45) is 0 Å². The predicted octanol–water partition coefficient (Wildman–Crippen LogP) is 5.60. The van der Waals surface area contributed by atoms with Crippen LogP contribution < -0.4 is 10.2 Å². The third-order valence-electron chi connectivity index (χ3n) is 6.18. The number of allylic oxidation sites excluding steroid dienone is 6. The molecule has 2 nitrogen and oxygen atoms in total. The van der Waals surface area contributed by atoms with Gasteiger partial charge in [0.2, 0.25) is 0 Å². The maximum Gasteiger partial charge on any atom is 0.133 e. The molecule has 0 unspecified atom stereocenters. The number of nitrogens with two attached hydrogens (primary N) is 1. The van der Waals surface area contributed by atoms with Crippen molar-refractivity contribution in [1.29, 1.82) is 0 Å². The van der Waals surface area contributed by atoms with E-state index in [0.717, 1.165) is 6.42 Å². The minimum absolute atomic E-state index is 0.0295. The van der Waals surface area contributed by atoms with Crippen LogP contribution in [0.15, 0.2) is 84.6 Å². The molecular formula is C27H35N2+. The second kappa shape index (κ2) is 8.42. The molecule has 0 fully saturated rings. The monoisotopic (exact) mass is 387 g/mol. The average molecular weight is 388 g/mol. The Kier molecular flexibility index (Phi) is 6.14. The van der Waals surface area contributed by atoms with Crippen LogP contribution in [-0.2, 0) is 10.8 Å². The third-order valence-corrected chi connectivity index (χ3v) is 6.18. The molecule has 1 aliphatic heterocycles. The fourth-order valence-electron chi connectivity index (χ4n) is 4.43. The molecule has 2 heteroatoms. The van der Waals surface area contributed by atoms with Crippen molar-refractivity contribution < 1.29 is 5.32 Å². The molecular weight excluding hydrogens is 352 g/mol. The number of fused-ring (bicyclic) bond motifs is 1. The van der Waals surface area contributed by atoms with Crippen LogP contribution in [0, 0.1) is 0 Å². The van der Waals surface area contributed by atoms with E-state index in [9.17, 15) is 0 Å². The highest BCUT2D eigenvalue weighted by Crippen LogP contribution is 2.46. The lowest BCUT2D eigenvalue weighted by molar-refractivity contribution is -0.540. The number of benzene rings is 2. The Balaban J connectivity index is 1.68. The van der Waals surface area contributed by atoms with Crippen LogP contribution in [0.3, 0.4) is 0 Å². The van der Waals surface area contributed by atoms with E-state index in [2.05, 4.69) is 131 Å². The number of hydrogen-bond donors (Lipinski definition) is 1. The van der Waals surface area contributed by atoms with E-state index >= 15 is 0 Å². The molecule has 0 saturated carbocycles. The first-order valence-corrected chi connectivity index (χ1v) is 10.5. The van der Waals surface area contributed by atoms with E-state index in [-0.39, 0.29) is 10.8 Å². The van der Waals surface area contributed by atoms with Crippen molar-refractivity contribution in [3.05, 3.63) is 95.7 Å². The molecule has 0 spiro atoms. The van der Waals surface area contributed by atoms with Gasteiger partial charge in [-0.15, -0.1) is 0 Å². The molecule has 0 aliphatic carbocycles. The largest absolute Gasteiger partial charge is 0.347 e. The van der Waals surface area contributed by atoms with E-state index < -0.39 is 0 Å². The van der Waals surface area contributed by atoms with Crippen LogP contribution >= 0.6 is 0 Å². The molecule has 2 N–H and O–H groups in total. The summed E-state index contributed by atoms with van der Waals surface area (Å²) < 4.78 is 0. The first-order valence-electron chi connectivity index (χ1n) is 10.5. The van der Waals surface area contributed by atoms with Crippen LogP contribution in [0.25, 0.3) is 0 Å². The lowest BCUT2D eigenvalue weighted by Gasteiger charge is -2.24. The summed E-state index contributed by atoms with van der Waals surface area (Å²) in [7, 11) is 4.27. The van der Waals surface area contributed by atoms with Gasteiger partial charge in [-0.1, -0.05) is 88.4 Å². The molecule has 2 aromatic carbocycles. The number of anilines is 1. The van der Waals surface area contributed by atoms with Gasteiger partial charge in [-0.05, 0) is 35.6 Å². The number of nitrogens with zero attached hydrogens (tertiary/aromatic N) is 1. The highest BCUT2D eigenvalue weighted by Gasteiger charge is 2.37. The maximum absolute atomic E-state index is 2.32.